The highest BCUT2D eigenvalue weighted by atomic mass is 19.1. The average molecular weight is 439 g/mol. The maximum absolute atomic E-state index is 13.9. The van der Waals surface area contributed by atoms with E-state index in [2.05, 4.69) is 10.9 Å². The normalized spacial score (nSPS) is 21.5. The molecule has 4 rings (SSSR count). The van der Waals surface area contributed by atoms with Gasteiger partial charge in [-0.2, -0.15) is 0 Å². The number of para-hydroxylation sites is 1. The monoisotopic (exact) mass is 438 g/mol. The van der Waals surface area contributed by atoms with E-state index in [1.165, 1.54) is 6.07 Å². The second-order valence-electron chi connectivity index (χ2n) is 8.56. The van der Waals surface area contributed by atoms with Crippen LogP contribution in [0.25, 0.3) is 0 Å². The van der Waals surface area contributed by atoms with E-state index in [-0.39, 0.29) is 36.0 Å². The summed E-state index contributed by atoms with van der Waals surface area (Å²) in [7, 11) is 0. The molecule has 2 fully saturated rings. The molecule has 2 N–H and O–H groups in total. The number of likely N-dealkylation sites (tertiary alicyclic amines) is 1. The van der Waals surface area contributed by atoms with Crippen LogP contribution in [0, 0.1) is 17.7 Å². The molecule has 7 heteroatoms. The van der Waals surface area contributed by atoms with E-state index in [0.29, 0.717) is 37.7 Å². The average Bonchev–Trinajstić information content (AvgIpc) is 3.32. The minimum atomic E-state index is -0.336. The van der Waals surface area contributed by atoms with Gasteiger partial charge in [-0.3, -0.25) is 20.4 Å². The van der Waals surface area contributed by atoms with Crippen LogP contribution in [0.2, 0.25) is 0 Å². The number of amides is 2. The number of halogens is 1. The highest BCUT2D eigenvalue weighted by Crippen LogP contribution is 2.29. The first kappa shape index (κ1) is 22.4. The van der Waals surface area contributed by atoms with Crippen molar-refractivity contribution < 1.29 is 14.0 Å². The van der Waals surface area contributed by atoms with Crippen molar-refractivity contribution >= 4 is 17.5 Å². The molecule has 2 aliphatic rings. The van der Waals surface area contributed by atoms with Crippen molar-refractivity contribution in [2.75, 3.05) is 31.1 Å². The van der Waals surface area contributed by atoms with E-state index in [1.807, 2.05) is 47.1 Å². The Morgan fingerprint density at radius 1 is 1.06 bits per heavy atom. The van der Waals surface area contributed by atoms with Gasteiger partial charge in [0.25, 0.3) is 0 Å². The molecule has 6 nitrogen and oxygen atoms in total. The van der Waals surface area contributed by atoms with E-state index < -0.39 is 0 Å². The molecule has 0 spiro atoms. The van der Waals surface area contributed by atoms with Gasteiger partial charge in [-0.25, -0.2) is 4.39 Å². The minimum Gasteiger partial charge on any atom is -0.342 e. The lowest BCUT2D eigenvalue weighted by molar-refractivity contribution is -0.132. The molecule has 2 heterocycles. The Bertz CT molecular complexity index is 931. The van der Waals surface area contributed by atoms with Crippen molar-refractivity contribution in [3.63, 3.8) is 0 Å². The third-order valence-electron chi connectivity index (χ3n) is 6.69. The Balaban J connectivity index is 1.36. The van der Waals surface area contributed by atoms with E-state index in [1.54, 1.807) is 18.2 Å². The van der Waals surface area contributed by atoms with Gasteiger partial charge in [0.15, 0.2) is 0 Å². The fourth-order valence-corrected chi connectivity index (χ4v) is 4.90. The second-order valence-corrected chi connectivity index (χ2v) is 8.56. The zero-order valence-corrected chi connectivity index (χ0v) is 18.5. The number of carbonyl (C=O) groups excluding carboxylic acids is 2. The van der Waals surface area contributed by atoms with Crippen molar-refractivity contribution in [2.24, 2.45) is 11.8 Å². The summed E-state index contributed by atoms with van der Waals surface area (Å²) < 4.78 is 13.9. The number of piperidine rings is 1. The molecule has 2 aliphatic heterocycles. The van der Waals surface area contributed by atoms with Gasteiger partial charge in [-0.15, -0.1) is 0 Å². The SMILES string of the molecule is CCN(C(=O)C1CNNC1C1CCN(C(=O)Cc2ccccc2F)CC1)c1ccccc1. The lowest BCUT2D eigenvalue weighted by Gasteiger charge is -2.37. The largest absolute Gasteiger partial charge is 0.342 e. The second kappa shape index (κ2) is 10.2. The highest BCUT2D eigenvalue weighted by molar-refractivity contribution is 5.95. The van der Waals surface area contributed by atoms with Crippen molar-refractivity contribution in [1.29, 1.82) is 0 Å². The zero-order valence-electron chi connectivity index (χ0n) is 18.5. The van der Waals surface area contributed by atoms with Crippen LogP contribution in [-0.2, 0) is 16.0 Å². The standard InChI is InChI=1S/C25H31FN4O2/c1-2-30(20-9-4-3-5-10-20)25(32)21-17-27-28-24(21)18-12-14-29(15-13-18)23(31)16-19-8-6-7-11-22(19)26/h3-11,18,21,24,27-28H,2,12-17H2,1H3. The fourth-order valence-electron chi connectivity index (χ4n) is 4.90. The number of carbonyl (C=O) groups is 2. The van der Waals surface area contributed by atoms with E-state index in [9.17, 15) is 14.0 Å². The maximum atomic E-state index is 13.9. The van der Waals surface area contributed by atoms with Gasteiger partial charge in [0.1, 0.15) is 5.82 Å². The third-order valence-corrected chi connectivity index (χ3v) is 6.69. The zero-order chi connectivity index (χ0) is 22.5. The first-order valence-electron chi connectivity index (χ1n) is 11.4. The molecule has 2 aromatic carbocycles. The molecule has 2 unspecified atom stereocenters. The van der Waals surface area contributed by atoms with Crippen molar-refractivity contribution in [3.8, 4) is 0 Å². The van der Waals surface area contributed by atoms with Gasteiger partial charge in [-0.1, -0.05) is 36.4 Å². The minimum absolute atomic E-state index is 0.0316. The molecule has 2 saturated heterocycles. The van der Waals surface area contributed by atoms with Crippen LogP contribution in [0.5, 0.6) is 0 Å². The molecule has 2 aromatic rings. The van der Waals surface area contributed by atoms with E-state index >= 15 is 0 Å². The van der Waals surface area contributed by atoms with Gasteiger partial charge in [-0.05, 0) is 49.4 Å². The molecule has 2 atom stereocenters. The Kier molecular flexibility index (Phi) is 7.17. The Labute approximate surface area is 188 Å². The van der Waals surface area contributed by atoms with Gasteiger partial charge in [0, 0.05) is 37.9 Å². The number of hydrazine groups is 1. The molecular formula is C25H31FN4O2. The third kappa shape index (κ3) is 4.84. The van der Waals surface area contributed by atoms with Crippen LogP contribution in [0.3, 0.4) is 0 Å². The van der Waals surface area contributed by atoms with Crippen LogP contribution in [-0.4, -0.2) is 48.9 Å². The molecule has 170 valence electrons. The number of nitrogens with zero attached hydrogens (tertiary/aromatic N) is 2. The molecule has 0 aromatic heterocycles. The first-order chi connectivity index (χ1) is 15.6. The lowest BCUT2D eigenvalue weighted by Crippen LogP contribution is -2.49. The summed E-state index contributed by atoms with van der Waals surface area (Å²) in [5.41, 5.74) is 7.87. The van der Waals surface area contributed by atoms with Crippen molar-refractivity contribution in [2.45, 2.75) is 32.2 Å². The Morgan fingerprint density at radius 2 is 1.75 bits per heavy atom. The van der Waals surface area contributed by atoms with Crippen LogP contribution >= 0.6 is 0 Å². The number of rotatable bonds is 6. The van der Waals surface area contributed by atoms with Gasteiger partial charge < -0.3 is 9.80 Å². The predicted molar refractivity (Wildman–Crippen MR) is 122 cm³/mol. The Hall–Kier alpha value is -2.77. The smallest absolute Gasteiger partial charge is 0.233 e. The van der Waals surface area contributed by atoms with Gasteiger partial charge >= 0.3 is 0 Å². The van der Waals surface area contributed by atoms with E-state index in [0.717, 1.165) is 18.5 Å². The summed E-state index contributed by atoms with van der Waals surface area (Å²) in [6, 6.07) is 16.2. The summed E-state index contributed by atoms with van der Waals surface area (Å²) in [6.45, 7) is 4.48. The molecule has 2 amide bonds. The molecule has 32 heavy (non-hydrogen) atoms. The molecule has 0 radical (unpaired) electrons. The summed E-state index contributed by atoms with van der Waals surface area (Å²) in [6.07, 6.45) is 1.73. The van der Waals surface area contributed by atoms with Crippen LogP contribution in [0.4, 0.5) is 10.1 Å². The number of anilines is 1. The van der Waals surface area contributed by atoms with Crippen LogP contribution in [0.15, 0.2) is 54.6 Å². The fraction of sp³-hybridized carbons (Fsp3) is 0.440. The molecule has 0 saturated carbocycles. The number of nitrogens with one attached hydrogen (secondary N) is 2. The van der Waals surface area contributed by atoms with E-state index in [4.69, 9.17) is 0 Å². The topological polar surface area (TPSA) is 64.7 Å². The van der Waals surface area contributed by atoms with Crippen LogP contribution in [0.1, 0.15) is 25.3 Å². The molecular weight excluding hydrogens is 407 g/mol. The number of benzene rings is 2. The van der Waals surface area contributed by atoms with Gasteiger partial charge in [0.05, 0.1) is 12.3 Å². The molecule has 0 bridgehead atoms. The number of hydrogen-bond acceptors (Lipinski definition) is 4. The van der Waals surface area contributed by atoms with Crippen molar-refractivity contribution in [3.05, 3.63) is 66.0 Å². The van der Waals surface area contributed by atoms with Gasteiger partial charge in [0.2, 0.25) is 11.8 Å². The summed E-state index contributed by atoms with van der Waals surface area (Å²) in [5, 5.41) is 0. The quantitative estimate of drug-likeness (QED) is 0.728. The highest BCUT2D eigenvalue weighted by Gasteiger charge is 2.41. The van der Waals surface area contributed by atoms with Crippen LogP contribution < -0.4 is 15.8 Å². The van der Waals surface area contributed by atoms with Crippen molar-refractivity contribution in [1.82, 2.24) is 15.8 Å². The first-order valence-corrected chi connectivity index (χ1v) is 11.4. The summed E-state index contributed by atoms with van der Waals surface area (Å²) >= 11 is 0. The lowest BCUT2D eigenvalue weighted by atomic mass is 9.82. The maximum Gasteiger partial charge on any atom is 0.233 e. The summed E-state index contributed by atoms with van der Waals surface area (Å²) in [4.78, 5) is 29.7. The Morgan fingerprint density at radius 3 is 2.44 bits per heavy atom. The molecule has 0 aliphatic carbocycles. The predicted octanol–water partition coefficient (Wildman–Crippen LogP) is 2.75. The summed E-state index contributed by atoms with van der Waals surface area (Å²) in [5.74, 6) is -0.108. The number of hydrogen-bond donors (Lipinski definition) is 2.